The van der Waals surface area contributed by atoms with Gasteiger partial charge in [-0.05, 0) is 0 Å². The Morgan fingerprint density at radius 3 is 1.00 bits per heavy atom. The molecule has 0 atom stereocenters. The fraction of sp³-hybridized carbons (Fsp3) is 0. The molecular weight excluding hydrogens is 164 g/mol. The number of rotatable bonds is 0. The third-order valence-electron chi connectivity index (χ3n) is 0. The van der Waals surface area contributed by atoms with E-state index in [4.69, 9.17) is 17.5 Å². The van der Waals surface area contributed by atoms with Gasteiger partial charge in [-0.1, -0.05) is 0 Å². The molecule has 0 amide bonds. The molecule has 0 aromatic rings. The minimum Gasteiger partial charge on any atom is -0.344 e. The van der Waals surface area contributed by atoms with Crippen molar-refractivity contribution in [1.29, 1.82) is 0 Å². The van der Waals surface area contributed by atoms with Gasteiger partial charge in [0.05, 0.1) is 0 Å². The van der Waals surface area contributed by atoms with Gasteiger partial charge < -0.3 is 12.3 Å². The summed E-state index contributed by atoms with van der Waals surface area (Å²) in [4.78, 5) is 0. The van der Waals surface area contributed by atoms with E-state index in [1.807, 2.05) is 0 Å². The van der Waals surface area contributed by atoms with E-state index in [0.29, 0.717) is 0 Å². The van der Waals surface area contributed by atoms with E-state index in [0.717, 1.165) is 0 Å². The van der Waals surface area contributed by atoms with E-state index in [1.54, 1.807) is 0 Å². The average Bonchev–Trinajstić information content (AvgIpc) is 0.722. The SMILES string of the molecule is N.N.O=S(=O)(O)O.[Ar]. The zero-order valence-electron chi connectivity index (χ0n) is 3.89. The topological polar surface area (TPSA) is 145 Å². The molecule has 8 heavy (non-hydrogen) atoms. The summed E-state index contributed by atoms with van der Waals surface area (Å²) in [6, 6.07) is 0. The Morgan fingerprint density at radius 2 is 1.00 bits per heavy atom. The Balaban J connectivity index is -0.0000000267. The van der Waals surface area contributed by atoms with Crippen LogP contribution in [-0.2, 0) is 10.4 Å². The van der Waals surface area contributed by atoms with Crippen LogP contribution in [-0.4, -0.2) is 17.5 Å². The van der Waals surface area contributed by atoms with Crippen molar-refractivity contribution in [1.82, 2.24) is 12.3 Å². The van der Waals surface area contributed by atoms with Crippen molar-refractivity contribution in [3.05, 3.63) is 0 Å². The first-order valence-corrected chi connectivity index (χ1v) is 2.10. The first-order chi connectivity index (χ1) is 2.00. The normalized spacial score (nSPS) is 7.25. The van der Waals surface area contributed by atoms with Crippen LogP contribution in [0.3, 0.4) is 0 Å². The predicted octanol–water partition coefficient (Wildman–Crippen LogP) is -0.329. The van der Waals surface area contributed by atoms with Gasteiger partial charge in [0.1, 0.15) is 0 Å². The first kappa shape index (κ1) is 23.0. The molecular formula is H8ArN2O4S. The van der Waals surface area contributed by atoms with E-state index < -0.39 is 10.4 Å². The average molecular weight is 172 g/mol. The number of hydrogen-bond acceptors (Lipinski definition) is 4. The molecule has 0 aliphatic rings. The Kier molecular flexibility index (Phi) is 23.1. The second kappa shape index (κ2) is 8.05. The number of hydrogen-bond donors (Lipinski definition) is 4. The van der Waals surface area contributed by atoms with Crippen LogP contribution in [0.5, 0.6) is 0 Å². The van der Waals surface area contributed by atoms with Crippen molar-refractivity contribution in [3.63, 3.8) is 0 Å². The van der Waals surface area contributed by atoms with Crippen LogP contribution in [0.4, 0.5) is 0 Å². The van der Waals surface area contributed by atoms with Gasteiger partial charge in [-0.25, -0.2) is 0 Å². The maximum absolute atomic E-state index is 8.74. The maximum Gasteiger partial charge on any atom is 0.394 e. The van der Waals surface area contributed by atoms with Gasteiger partial charge in [-0.3, -0.25) is 9.11 Å². The van der Waals surface area contributed by atoms with E-state index in [9.17, 15) is 0 Å². The summed E-state index contributed by atoms with van der Waals surface area (Å²) in [5.74, 6) is 0. The van der Waals surface area contributed by atoms with Crippen LogP contribution in [0.15, 0.2) is 0 Å². The van der Waals surface area contributed by atoms with E-state index >= 15 is 0 Å². The van der Waals surface area contributed by atoms with Crippen molar-refractivity contribution in [2.24, 2.45) is 0 Å². The summed E-state index contributed by atoms with van der Waals surface area (Å²) in [7, 11) is -4.67. The van der Waals surface area contributed by atoms with Crippen molar-refractivity contribution in [3.8, 4) is 0 Å². The van der Waals surface area contributed by atoms with E-state index in [1.165, 1.54) is 0 Å². The second-order valence-electron chi connectivity index (χ2n) is 0.448. The quantitative estimate of drug-likeness (QED) is 0.368. The second-order valence-corrected chi connectivity index (χ2v) is 1.34. The van der Waals surface area contributed by atoms with Crippen LogP contribution in [0.25, 0.3) is 0 Å². The zero-order valence-corrected chi connectivity index (χ0v) is 5.41. The van der Waals surface area contributed by atoms with Gasteiger partial charge in [0.25, 0.3) is 0 Å². The third-order valence-corrected chi connectivity index (χ3v) is 0. The fourth-order valence-corrected chi connectivity index (χ4v) is 0. The Labute approximate surface area is 77.4 Å². The van der Waals surface area contributed by atoms with E-state index in [2.05, 4.69) is 0 Å². The first-order valence-electron chi connectivity index (χ1n) is 0.698. The van der Waals surface area contributed by atoms with Gasteiger partial charge in [0.15, 0.2) is 0 Å². The van der Waals surface area contributed by atoms with E-state index in [-0.39, 0.29) is 50.0 Å². The van der Waals surface area contributed by atoms with Crippen LogP contribution in [0.1, 0.15) is 0 Å². The molecule has 0 aliphatic heterocycles. The fourth-order valence-electron chi connectivity index (χ4n) is 0. The molecule has 0 unspecified atom stereocenters. The zero-order chi connectivity index (χ0) is 4.50. The minimum absolute atomic E-state index is 0. The summed E-state index contributed by atoms with van der Waals surface area (Å²) in [5.41, 5.74) is 0. The van der Waals surface area contributed by atoms with Gasteiger partial charge in [0.2, 0.25) is 0 Å². The van der Waals surface area contributed by atoms with Crippen LogP contribution in [0.2, 0.25) is 0 Å². The van der Waals surface area contributed by atoms with Gasteiger partial charge in [-0.15, -0.1) is 0 Å². The van der Waals surface area contributed by atoms with Crippen molar-refractivity contribution >= 4 is 10.4 Å². The smallest absolute Gasteiger partial charge is 0.344 e. The third kappa shape index (κ3) is 234. The molecule has 0 aliphatic carbocycles. The Bertz CT molecular complexity index is 97.2. The van der Waals surface area contributed by atoms with Crippen molar-refractivity contribution < 1.29 is 55.3 Å². The molecule has 0 saturated heterocycles. The van der Waals surface area contributed by atoms with Gasteiger partial charge >= 0.3 is 10.4 Å². The molecule has 0 aromatic heterocycles. The predicted molar refractivity (Wildman–Crippen MR) is 24.2 cm³/mol. The molecule has 0 heterocycles. The summed E-state index contributed by atoms with van der Waals surface area (Å²) in [6.45, 7) is 0. The molecule has 56 valence electrons. The van der Waals surface area contributed by atoms with Crippen LogP contribution in [0, 0.1) is 37.7 Å². The van der Waals surface area contributed by atoms with Crippen LogP contribution >= 0.6 is 0 Å². The van der Waals surface area contributed by atoms with Crippen LogP contribution < -0.4 is 12.3 Å². The molecule has 0 radical (unpaired) electrons. The molecule has 8 N–H and O–H groups in total. The largest absolute Gasteiger partial charge is 0.394 e. The molecule has 0 saturated carbocycles. The summed E-state index contributed by atoms with van der Waals surface area (Å²) < 4.78 is 31.6. The Hall–Kier alpha value is 1.05. The molecule has 6 nitrogen and oxygen atoms in total. The van der Waals surface area contributed by atoms with Gasteiger partial charge in [0, 0.05) is 37.7 Å². The monoisotopic (exact) mass is 172 g/mol. The minimum atomic E-state index is -4.67. The summed E-state index contributed by atoms with van der Waals surface area (Å²) in [5, 5.41) is 0. The Morgan fingerprint density at radius 1 is 1.00 bits per heavy atom. The van der Waals surface area contributed by atoms with Crippen molar-refractivity contribution in [2.75, 3.05) is 0 Å². The van der Waals surface area contributed by atoms with Gasteiger partial charge in [-0.2, -0.15) is 8.42 Å². The molecule has 0 bridgehead atoms. The maximum atomic E-state index is 8.74. The summed E-state index contributed by atoms with van der Waals surface area (Å²) >= 11 is 0. The van der Waals surface area contributed by atoms with Crippen molar-refractivity contribution in [2.45, 2.75) is 0 Å². The molecule has 0 aromatic carbocycles. The standard InChI is InChI=1S/Ar.2H3N.H2O4S/c;;;1-5(2,3)4/h;2*1H3;(H2,1,2,3,4). The molecule has 8 heteroatoms. The molecule has 0 rings (SSSR count). The molecule has 0 fully saturated rings. The summed E-state index contributed by atoms with van der Waals surface area (Å²) in [6.07, 6.45) is 0. The molecule has 0 spiro atoms.